The largest absolute Gasteiger partial charge is 0.380 e. The van der Waals surface area contributed by atoms with Gasteiger partial charge in [0, 0.05) is 23.2 Å². The maximum atomic E-state index is 5.48. The Morgan fingerprint density at radius 1 is 1.41 bits per heavy atom. The number of hydrogen-bond acceptors (Lipinski definition) is 3. The summed E-state index contributed by atoms with van der Waals surface area (Å²) in [5, 5.41) is 3.54. The summed E-state index contributed by atoms with van der Waals surface area (Å²) in [5.41, 5.74) is 1.43. The Morgan fingerprint density at radius 2 is 2.29 bits per heavy atom. The van der Waals surface area contributed by atoms with E-state index in [0.717, 1.165) is 31.9 Å². The zero-order valence-corrected chi connectivity index (χ0v) is 10.8. The number of rotatable bonds is 7. The van der Waals surface area contributed by atoms with Gasteiger partial charge < -0.3 is 10.1 Å². The fourth-order valence-electron chi connectivity index (χ4n) is 1.91. The summed E-state index contributed by atoms with van der Waals surface area (Å²) in [6, 6.07) is 9.11. The molecule has 0 fully saturated rings. The van der Waals surface area contributed by atoms with Gasteiger partial charge in [0.25, 0.3) is 0 Å². The van der Waals surface area contributed by atoms with Gasteiger partial charge >= 0.3 is 0 Å². The number of nitrogens with one attached hydrogen (secondary N) is 1. The van der Waals surface area contributed by atoms with Crippen LogP contribution in [0.4, 0.5) is 0 Å². The molecule has 2 rings (SSSR count). The lowest BCUT2D eigenvalue weighted by Crippen LogP contribution is -2.25. The number of fused-ring (bicyclic) bond motifs is 1. The Balaban J connectivity index is 1.69. The zero-order valence-electron chi connectivity index (χ0n) is 10.0. The molecule has 0 amide bonds. The Kier molecular flexibility index (Phi) is 5.10. The quantitative estimate of drug-likeness (QED) is 0.593. The average Bonchev–Trinajstić information content (AvgIpc) is 2.77. The Labute approximate surface area is 107 Å². The smallest absolute Gasteiger partial charge is 0.0591 e. The van der Waals surface area contributed by atoms with E-state index in [4.69, 9.17) is 4.74 Å². The first kappa shape index (κ1) is 12.7. The summed E-state index contributed by atoms with van der Waals surface area (Å²) in [4.78, 5) is 1.41. The zero-order chi connectivity index (χ0) is 11.9. The van der Waals surface area contributed by atoms with Crippen LogP contribution in [0.2, 0.25) is 0 Å². The van der Waals surface area contributed by atoms with Gasteiger partial charge in [-0.1, -0.05) is 24.3 Å². The third-order valence-corrected chi connectivity index (χ3v) is 3.99. The topological polar surface area (TPSA) is 21.3 Å². The van der Waals surface area contributed by atoms with Crippen LogP contribution >= 0.6 is 11.8 Å². The molecule has 92 valence electrons. The first-order valence-electron chi connectivity index (χ1n) is 6.05. The normalized spacial score (nSPS) is 18.0. The first-order valence-corrected chi connectivity index (χ1v) is 7.04. The second-order valence-electron chi connectivity index (χ2n) is 4.05. The van der Waals surface area contributed by atoms with Gasteiger partial charge in [0.1, 0.15) is 0 Å². The standard InChI is InChI=1S/C14H19NOS/c1-2-3-9-16-10-8-15-13-11-17-14-7-5-4-6-12(13)14/h2,4-7,13,15H,1,3,8-11H2. The highest BCUT2D eigenvalue weighted by atomic mass is 32.2. The molecule has 0 bridgehead atoms. The lowest BCUT2D eigenvalue weighted by molar-refractivity contribution is 0.139. The second-order valence-corrected chi connectivity index (χ2v) is 5.11. The number of thioether (sulfide) groups is 1. The molecule has 0 aliphatic carbocycles. The van der Waals surface area contributed by atoms with Gasteiger partial charge in [0.15, 0.2) is 0 Å². The van der Waals surface area contributed by atoms with Crippen molar-refractivity contribution in [3.8, 4) is 0 Å². The Bertz CT molecular complexity index is 367. The maximum absolute atomic E-state index is 5.48. The predicted molar refractivity (Wildman–Crippen MR) is 73.5 cm³/mol. The SMILES string of the molecule is C=CCCOCCNC1CSc2ccccc21. The lowest BCUT2D eigenvalue weighted by Gasteiger charge is -2.13. The molecule has 2 nitrogen and oxygen atoms in total. The van der Waals surface area contributed by atoms with E-state index >= 15 is 0 Å². The lowest BCUT2D eigenvalue weighted by atomic mass is 10.1. The summed E-state index contributed by atoms with van der Waals surface area (Å²) in [5.74, 6) is 1.13. The molecule has 1 N–H and O–H groups in total. The molecule has 0 radical (unpaired) electrons. The van der Waals surface area contributed by atoms with Gasteiger partial charge in [-0.15, -0.1) is 18.3 Å². The van der Waals surface area contributed by atoms with E-state index in [-0.39, 0.29) is 0 Å². The van der Waals surface area contributed by atoms with Crippen molar-refractivity contribution in [2.75, 3.05) is 25.5 Å². The summed E-state index contributed by atoms with van der Waals surface area (Å²) in [6.45, 7) is 6.14. The van der Waals surface area contributed by atoms with Crippen molar-refractivity contribution in [1.82, 2.24) is 5.32 Å². The molecule has 17 heavy (non-hydrogen) atoms. The van der Waals surface area contributed by atoms with Crippen LogP contribution < -0.4 is 5.32 Å². The van der Waals surface area contributed by atoms with E-state index in [9.17, 15) is 0 Å². The van der Waals surface area contributed by atoms with E-state index in [1.54, 1.807) is 0 Å². The molecule has 1 unspecified atom stereocenters. The molecule has 1 aliphatic rings. The van der Waals surface area contributed by atoms with Gasteiger partial charge in [0.2, 0.25) is 0 Å². The monoisotopic (exact) mass is 249 g/mol. The van der Waals surface area contributed by atoms with Crippen LogP contribution in [0, 0.1) is 0 Å². The van der Waals surface area contributed by atoms with Crippen molar-refractivity contribution in [2.45, 2.75) is 17.4 Å². The molecule has 3 heteroatoms. The molecule has 0 saturated carbocycles. The van der Waals surface area contributed by atoms with E-state index in [0.29, 0.717) is 6.04 Å². The molecule has 1 atom stereocenters. The molecule has 0 saturated heterocycles. The molecular weight excluding hydrogens is 230 g/mol. The summed E-state index contributed by atoms with van der Waals surface area (Å²) < 4.78 is 5.48. The highest BCUT2D eigenvalue weighted by Gasteiger charge is 2.21. The van der Waals surface area contributed by atoms with E-state index in [2.05, 4.69) is 36.2 Å². The molecular formula is C14H19NOS. The summed E-state index contributed by atoms with van der Waals surface area (Å²) in [6.07, 6.45) is 2.82. The molecule has 0 spiro atoms. The van der Waals surface area contributed by atoms with Gasteiger partial charge in [-0.2, -0.15) is 0 Å². The number of hydrogen-bond donors (Lipinski definition) is 1. The minimum absolute atomic E-state index is 0.485. The molecule has 1 aliphatic heterocycles. The molecule has 1 aromatic rings. The highest BCUT2D eigenvalue weighted by Crippen LogP contribution is 2.37. The third kappa shape index (κ3) is 3.60. The van der Waals surface area contributed by atoms with Gasteiger partial charge in [-0.05, 0) is 18.1 Å². The van der Waals surface area contributed by atoms with Crippen molar-refractivity contribution in [3.05, 3.63) is 42.5 Å². The first-order chi connectivity index (χ1) is 8.42. The van der Waals surface area contributed by atoms with Crippen molar-refractivity contribution < 1.29 is 4.74 Å². The molecule has 1 heterocycles. The fourth-order valence-corrected chi connectivity index (χ4v) is 3.10. The minimum Gasteiger partial charge on any atom is -0.380 e. The minimum atomic E-state index is 0.485. The van der Waals surface area contributed by atoms with Crippen LogP contribution in [-0.2, 0) is 4.74 Å². The second kappa shape index (κ2) is 6.84. The van der Waals surface area contributed by atoms with Crippen LogP contribution in [0.25, 0.3) is 0 Å². The van der Waals surface area contributed by atoms with Gasteiger partial charge in [-0.25, -0.2) is 0 Å². The average molecular weight is 249 g/mol. The number of benzene rings is 1. The number of ether oxygens (including phenoxy) is 1. The summed E-state index contributed by atoms with van der Waals surface area (Å²) >= 11 is 1.93. The fraction of sp³-hybridized carbons (Fsp3) is 0.429. The van der Waals surface area contributed by atoms with Gasteiger partial charge in [0.05, 0.1) is 13.2 Å². The van der Waals surface area contributed by atoms with Crippen molar-refractivity contribution in [1.29, 1.82) is 0 Å². The highest BCUT2D eigenvalue weighted by molar-refractivity contribution is 7.99. The molecule has 1 aromatic carbocycles. The van der Waals surface area contributed by atoms with Crippen LogP contribution in [-0.4, -0.2) is 25.5 Å². The van der Waals surface area contributed by atoms with Crippen LogP contribution in [0.3, 0.4) is 0 Å². The molecule has 0 aromatic heterocycles. The van der Waals surface area contributed by atoms with Crippen LogP contribution in [0.15, 0.2) is 41.8 Å². The van der Waals surface area contributed by atoms with Crippen molar-refractivity contribution >= 4 is 11.8 Å². The Morgan fingerprint density at radius 3 is 3.18 bits per heavy atom. The Hall–Kier alpha value is -0.770. The van der Waals surface area contributed by atoms with Crippen LogP contribution in [0.5, 0.6) is 0 Å². The van der Waals surface area contributed by atoms with E-state index in [1.807, 2.05) is 17.8 Å². The van der Waals surface area contributed by atoms with E-state index in [1.165, 1.54) is 10.5 Å². The summed E-state index contributed by atoms with van der Waals surface area (Å²) in [7, 11) is 0. The van der Waals surface area contributed by atoms with Crippen molar-refractivity contribution in [3.63, 3.8) is 0 Å². The van der Waals surface area contributed by atoms with Crippen molar-refractivity contribution in [2.24, 2.45) is 0 Å². The van der Waals surface area contributed by atoms with Crippen LogP contribution in [0.1, 0.15) is 18.0 Å². The maximum Gasteiger partial charge on any atom is 0.0591 e. The van der Waals surface area contributed by atoms with E-state index < -0.39 is 0 Å². The van der Waals surface area contributed by atoms with Gasteiger partial charge in [-0.3, -0.25) is 0 Å². The predicted octanol–water partition coefficient (Wildman–Crippen LogP) is 3.02. The third-order valence-electron chi connectivity index (χ3n) is 2.80.